The van der Waals surface area contributed by atoms with Crippen LogP contribution in [0.1, 0.15) is 134 Å². The van der Waals surface area contributed by atoms with Gasteiger partial charge >= 0.3 is 0 Å². The average Bonchev–Trinajstić information content (AvgIpc) is 3.88. The van der Waals surface area contributed by atoms with Crippen molar-refractivity contribution in [3.8, 4) is 17.3 Å². The lowest BCUT2D eigenvalue weighted by Gasteiger charge is -2.31. The number of benzene rings is 6. The van der Waals surface area contributed by atoms with Gasteiger partial charge < -0.3 is 14.5 Å². The summed E-state index contributed by atoms with van der Waals surface area (Å²) in [6, 6.07) is 53.2. The summed E-state index contributed by atoms with van der Waals surface area (Å²) in [7, 11) is 0. The Morgan fingerprint density at radius 1 is 0.515 bits per heavy atom. The molecule has 0 unspecified atom stereocenters. The van der Waals surface area contributed by atoms with Gasteiger partial charge in [-0.3, -0.25) is 4.57 Å². The van der Waals surface area contributed by atoms with Gasteiger partial charge in [0, 0.05) is 57.7 Å². The lowest BCUT2D eigenvalue weighted by Crippen LogP contribution is -2.28. The predicted octanol–water partition coefficient (Wildman–Crippen LogP) is 16.4. The van der Waals surface area contributed by atoms with Gasteiger partial charge in [-0.2, -0.15) is 0 Å². The molecule has 1 aliphatic heterocycles. The first kappa shape index (κ1) is 44.6. The Kier molecular flexibility index (Phi) is 11.5. The van der Waals surface area contributed by atoms with E-state index >= 15 is 0 Å². The highest BCUT2D eigenvalue weighted by Gasteiger charge is 2.32. The first-order valence-corrected chi connectivity index (χ1v) is 23.8. The monoisotopic (exact) mass is 871 g/mol. The van der Waals surface area contributed by atoms with Crippen molar-refractivity contribution < 1.29 is 4.74 Å². The first-order valence-electron chi connectivity index (χ1n) is 23.8. The van der Waals surface area contributed by atoms with Gasteiger partial charge in [0.15, 0.2) is 0 Å². The van der Waals surface area contributed by atoms with Crippen LogP contribution in [0.2, 0.25) is 0 Å². The Morgan fingerprint density at radius 2 is 1.14 bits per heavy atom. The molecule has 9 rings (SSSR count). The highest BCUT2D eigenvalue weighted by Crippen LogP contribution is 2.45. The molecule has 2 aromatic heterocycles. The van der Waals surface area contributed by atoms with E-state index in [4.69, 9.17) is 9.72 Å². The molecular formula is C61H66N4O. The van der Waals surface area contributed by atoms with Gasteiger partial charge in [0.25, 0.3) is 0 Å². The van der Waals surface area contributed by atoms with Crippen molar-refractivity contribution in [1.29, 1.82) is 0 Å². The van der Waals surface area contributed by atoms with E-state index in [-0.39, 0.29) is 16.2 Å². The van der Waals surface area contributed by atoms with Gasteiger partial charge in [0.1, 0.15) is 17.3 Å². The maximum atomic E-state index is 7.16. The highest BCUT2D eigenvalue weighted by atomic mass is 16.5. The number of fused-ring (bicyclic) bond motifs is 3. The van der Waals surface area contributed by atoms with Crippen molar-refractivity contribution >= 4 is 38.9 Å². The van der Waals surface area contributed by atoms with Crippen molar-refractivity contribution in [2.45, 2.75) is 111 Å². The zero-order valence-corrected chi connectivity index (χ0v) is 41.1. The van der Waals surface area contributed by atoms with Gasteiger partial charge in [0.2, 0.25) is 0 Å². The summed E-state index contributed by atoms with van der Waals surface area (Å²) < 4.78 is 9.45. The Labute approximate surface area is 393 Å². The molecule has 8 aromatic rings. The van der Waals surface area contributed by atoms with E-state index in [2.05, 4.69) is 249 Å². The smallest absolute Gasteiger partial charge is 0.137 e. The molecule has 336 valence electrons. The molecule has 0 spiro atoms. The van der Waals surface area contributed by atoms with Crippen LogP contribution in [0.15, 0.2) is 158 Å². The van der Waals surface area contributed by atoms with Gasteiger partial charge in [-0.1, -0.05) is 162 Å². The topological polar surface area (TPSA) is 33.5 Å². The number of pyridine rings is 1. The maximum Gasteiger partial charge on any atom is 0.137 e. The zero-order valence-electron chi connectivity index (χ0n) is 41.1. The van der Waals surface area contributed by atoms with Crippen LogP contribution in [0.4, 0.5) is 11.4 Å². The number of ether oxygens (including phenoxy) is 1. The number of anilines is 2. The van der Waals surface area contributed by atoms with Gasteiger partial charge in [-0.15, -0.1) is 0 Å². The number of para-hydroxylation sites is 1. The fourth-order valence-electron chi connectivity index (χ4n) is 9.65. The van der Waals surface area contributed by atoms with Crippen LogP contribution >= 0.6 is 0 Å². The van der Waals surface area contributed by atoms with E-state index in [0.717, 1.165) is 39.4 Å². The zero-order chi connectivity index (χ0) is 46.7. The molecule has 3 heterocycles. The molecule has 5 heteroatoms. The van der Waals surface area contributed by atoms with Crippen LogP contribution in [0.5, 0.6) is 11.5 Å². The largest absolute Gasteiger partial charge is 0.457 e. The number of nitrogens with zero attached hydrogens (tertiary/aromatic N) is 4. The standard InChI is InChI=1S/C61H66N4O/c1-40(2)50-25-19-26-51(41(3)4)58(50)56-38-63(46-23-18-22-43(32-46)59(5,6)7)39-64(56)47-33-45(61(11,12)42-20-14-13-15-21-42)34-49(36-47)66-48-28-29-53-52-24-16-17-27-54(52)65(55(53)37-48)57-35-44(30-31-62-57)60(8,9)10/h13-38,40-41H,39H2,1-12H3. The third kappa shape index (κ3) is 8.41. The summed E-state index contributed by atoms with van der Waals surface area (Å²) in [4.78, 5) is 9.89. The number of aromatic nitrogens is 2. The van der Waals surface area contributed by atoms with Crippen LogP contribution in [0.25, 0.3) is 33.3 Å². The van der Waals surface area contributed by atoms with Crippen molar-refractivity contribution in [1.82, 2.24) is 9.55 Å². The number of rotatable bonds is 10. The Hall–Kier alpha value is -6.59. The van der Waals surface area contributed by atoms with Crippen LogP contribution < -0.4 is 14.5 Å². The number of hydrogen-bond acceptors (Lipinski definition) is 4. The fourth-order valence-corrected chi connectivity index (χ4v) is 9.65. The second-order valence-electron chi connectivity index (χ2n) is 21.5. The molecule has 66 heavy (non-hydrogen) atoms. The summed E-state index contributed by atoms with van der Waals surface area (Å²) in [6.45, 7) is 28.2. The predicted molar refractivity (Wildman–Crippen MR) is 280 cm³/mol. The molecular weight excluding hydrogens is 805 g/mol. The minimum Gasteiger partial charge on any atom is -0.457 e. The summed E-state index contributed by atoms with van der Waals surface area (Å²) in [5.41, 5.74) is 14.3. The Bertz CT molecular complexity index is 3070. The number of hydrogen-bond donors (Lipinski definition) is 0. The van der Waals surface area contributed by atoms with E-state index in [0.29, 0.717) is 18.5 Å². The molecule has 0 atom stereocenters. The summed E-state index contributed by atoms with van der Waals surface area (Å²) in [5.74, 6) is 3.12. The Balaban J connectivity index is 1.23. The minimum absolute atomic E-state index is 0.0188. The average molecular weight is 871 g/mol. The third-order valence-electron chi connectivity index (χ3n) is 13.7. The molecule has 1 aliphatic rings. The van der Waals surface area contributed by atoms with E-state index in [1.807, 2.05) is 6.20 Å². The summed E-state index contributed by atoms with van der Waals surface area (Å²) >= 11 is 0. The van der Waals surface area contributed by atoms with E-state index in [1.165, 1.54) is 55.7 Å². The van der Waals surface area contributed by atoms with Gasteiger partial charge in [-0.25, -0.2) is 4.98 Å². The summed E-state index contributed by atoms with van der Waals surface area (Å²) in [6.07, 6.45) is 4.32. The van der Waals surface area contributed by atoms with Crippen LogP contribution in [-0.2, 0) is 16.2 Å². The second kappa shape index (κ2) is 17.0. The molecule has 0 saturated heterocycles. The van der Waals surface area contributed by atoms with Crippen molar-refractivity contribution in [3.05, 3.63) is 197 Å². The van der Waals surface area contributed by atoms with Crippen LogP contribution in [0.3, 0.4) is 0 Å². The molecule has 0 N–H and O–H groups in total. The third-order valence-corrected chi connectivity index (χ3v) is 13.7. The van der Waals surface area contributed by atoms with Crippen LogP contribution in [-0.4, -0.2) is 16.2 Å². The lowest BCUT2D eigenvalue weighted by molar-refractivity contribution is 0.480. The molecule has 6 aromatic carbocycles. The SMILES string of the molecule is CC(C)c1cccc(C(C)C)c1C1=CN(c2cccc(C(C)(C)C)c2)CN1c1cc(Oc2ccc3c4ccccc4n(-c4cc(C(C)(C)C)ccn4)c3c2)cc(C(C)(C)c2ccccc2)c1. The normalized spacial score (nSPS) is 13.7. The van der Waals surface area contributed by atoms with Gasteiger partial charge in [-0.05, 0) is 111 Å². The first-order chi connectivity index (χ1) is 31.4. The molecule has 0 bridgehead atoms. The quantitative estimate of drug-likeness (QED) is 0.137. The van der Waals surface area contributed by atoms with Crippen molar-refractivity contribution in [3.63, 3.8) is 0 Å². The van der Waals surface area contributed by atoms with E-state index in [9.17, 15) is 0 Å². The molecule has 0 aliphatic carbocycles. The summed E-state index contributed by atoms with van der Waals surface area (Å²) in [5, 5.41) is 2.34. The van der Waals surface area contributed by atoms with Crippen LogP contribution in [0, 0.1) is 0 Å². The fraction of sp³-hybridized carbons (Fsp3) is 0.295. The van der Waals surface area contributed by atoms with Gasteiger partial charge in [0.05, 0.1) is 23.4 Å². The maximum absolute atomic E-state index is 7.16. The minimum atomic E-state index is -0.335. The Morgan fingerprint density at radius 3 is 1.83 bits per heavy atom. The van der Waals surface area contributed by atoms with Crippen molar-refractivity contribution in [2.24, 2.45) is 0 Å². The van der Waals surface area contributed by atoms with Crippen molar-refractivity contribution in [2.75, 3.05) is 16.5 Å². The van der Waals surface area contributed by atoms with E-state index in [1.54, 1.807) is 0 Å². The van der Waals surface area contributed by atoms with E-state index < -0.39 is 0 Å². The second-order valence-corrected chi connectivity index (χ2v) is 21.5. The molecule has 0 fully saturated rings. The molecule has 0 radical (unpaired) electrons. The molecule has 0 amide bonds. The lowest BCUT2D eigenvalue weighted by atomic mass is 9.78. The molecule has 5 nitrogen and oxygen atoms in total. The highest BCUT2D eigenvalue weighted by molar-refractivity contribution is 6.09. The molecule has 0 saturated carbocycles.